The molecule has 6 nitrogen and oxygen atoms in total. The van der Waals surface area contributed by atoms with E-state index in [-0.39, 0.29) is 11.1 Å². The normalized spacial score (nSPS) is 24.8. The molecule has 2 aliphatic heterocycles. The van der Waals surface area contributed by atoms with Crippen LogP contribution in [-0.4, -0.2) is 29.0 Å². The Morgan fingerprint density at radius 2 is 1.38 bits per heavy atom. The number of ether oxygens (including phenoxy) is 1. The van der Waals surface area contributed by atoms with Crippen molar-refractivity contribution < 1.29 is 23.9 Å². The van der Waals surface area contributed by atoms with Crippen LogP contribution in [0.5, 0.6) is 0 Å². The van der Waals surface area contributed by atoms with Crippen LogP contribution in [0.4, 0.5) is 5.69 Å². The number of hydrogen-bond donors (Lipinski definition) is 0. The zero-order valence-corrected chi connectivity index (χ0v) is 18.8. The predicted octanol–water partition coefficient (Wildman–Crippen LogP) is 4.34. The molecule has 34 heavy (non-hydrogen) atoms. The molecule has 0 aromatic heterocycles. The van der Waals surface area contributed by atoms with Gasteiger partial charge in [-0.25, -0.2) is 4.90 Å². The van der Waals surface area contributed by atoms with Crippen molar-refractivity contribution in [3.05, 3.63) is 100 Å². The first-order valence-electron chi connectivity index (χ1n) is 10.9. The Bertz CT molecular complexity index is 1380. The van der Waals surface area contributed by atoms with Crippen molar-refractivity contribution in [3.8, 4) is 0 Å². The average Bonchev–Trinajstić information content (AvgIpc) is 3.40. The average molecular weight is 472 g/mol. The Morgan fingerprint density at radius 1 is 0.794 bits per heavy atom. The summed E-state index contributed by atoms with van der Waals surface area (Å²) in [4.78, 5) is 56.1. The van der Waals surface area contributed by atoms with Gasteiger partial charge in [-0.3, -0.25) is 19.2 Å². The van der Waals surface area contributed by atoms with Crippen LogP contribution in [0.2, 0.25) is 5.02 Å². The zero-order valence-electron chi connectivity index (χ0n) is 18.0. The van der Waals surface area contributed by atoms with Crippen molar-refractivity contribution in [3.63, 3.8) is 0 Å². The molecule has 7 heteroatoms. The van der Waals surface area contributed by atoms with Gasteiger partial charge in [0.05, 0.1) is 23.6 Å². The first-order valence-corrected chi connectivity index (χ1v) is 11.3. The van der Waals surface area contributed by atoms with Gasteiger partial charge in [0.2, 0.25) is 29.0 Å². The monoisotopic (exact) mass is 471 g/mol. The van der Waals surface area contributed by atoms with E-state index in [1.807, 2.05) is 6.92 Å². The van der Waals surface area contributed by atoms with Crippen LogP contribution >= 0.6 is 11.6 Å². The molecule has 3 aromatic rings. The number of carbonyl (C=O) groups excluding carboxylic acids is 4. The zero-order chi connectivity index (χ0) is 23.8. The minimum absolute atomic E-state index is 0.195. The lowest BCUT2D eigenvalue weighted by Crippen LogP contribution is -2.51. The van der Waals surface area contributed by atoms with Gasteiger partial charge in [0, 0.05) is 21.7 Å². The molecule has 6 rings (SSSR count). The van der Waals surface area contributed by atoms with Crippen LogP contribution in [0, 0.1) is 18.8 Å². The van der Waals surface area contributed by atoms with E-state index in [0.717, 1.165) is 10.5 Å². The Labute approximate surface area is 200 Å². The molecule has 0 unspecified atom stereocenters. The molecule has 0 radical (unpaired) electrons. The Kier molecular flexibility index (Phi) is 4.43. The fourth-order valence-electron chi connectivity index (χ4n) is 5.45. The van der Waals surface area contributed by atoms with Crippen molar-refractivity contribution in [1.82, 2.24) is 0 Å². The SMILES string of the molecule is Cc1ccc(N2C(=O)[C@@H]3[C@@H](c4ccccc4Cl)OC4(C(=O)c5ccccc5C4=O)[C@@H]3C2=O)cc1. The van der Waals surface area contributed by atoms with Gasteiger partial charge >= 0.3 is 0 Å². The molecule has 0 bridgehead atoms. The number of nitrogens with zero attached hydrogens (tertiary/aromatic N) is 1. The minimum Gasteiger partial charge on any atom is -0.349 e. The number of fused-ring (bicyclic) bond motifs is 3. The summed E-state index contributed by atoms with van der Waals surface area (Å²) in [7, 11) is 0. The van der Waals surface area contributed by atoms with Gasteiger partial charge in [-0.05, 0) is 25.1 Å². The number of aryl methyl sites for hydroxylation is 1. The summed E-state index contributed by atoms with van der Waals surface area (Å²) in [5.74, 6) is -4.69. The van der Waals surface area contributed by atoms with Crippen molar-refractivity contribution in [2.45, 2.75) is 18.6 Å². The Balaban J connectivity index is 1.56. The summed E-state index contributed by atoms with van der Waals surface area (Å²) in [6, 6.07) is 20.1. The van der Waals surface area contributed by atoms with Crippen molar-refractivity contribution >= 4 is 40.7 Å². The minimum atomic E-state index is -2.11. The first kappa shape index (κ1) is 21.0. The highest BCUT2D eigenvalue weighted by molar-refractivity contribution is 6.37. The van der Waals surface area contributed by atoms with E-state index < -0.39 is 46.9 Å². The van der Waals surface area contributed by atoms with Gasteiger partial charge in [0.15, 0.2) is 0 Å². The highest BCUT2D eigenvalue weighted by Crippen LogP contribution is 2.58. The maximum atomic E-state index is 13.8. The van der Waals surface area contributed by atoms with Crippen molar-refractivity contribution in [1.29, 1.82) is 0 Å². The molecule has 3 atom stereocenters. The fraction of sp³-hybridized carbons (Fsp3) is 0.185. The van der Waals surface area contributed by atoms with Crippen LogP contribution in [0.3, 0.4) is 0 Å². The fourth-order valence-corrected chi connectivity index (χ4v) is 5.70. The lowest BCUT2D eigenvalue weighted by molar-refractivity contribution is -0.127. The van der Waals surface area contributed by atoms with E-state index >= 15 is 0 Å². The molecular weight excluding hydrogens is 454 g/mol. The largest absolute Gasteiger partial charge is 0.349 e. The lowest BCUT2D eigenvalue weighted by Gasteiger charge is -2.27. The molecule has 0 N–H and O–H groups in total. The molecule has 2 saturated heterocycles. The van der Waals surface area contributed by atoms with E-state index in [9.17, 15) is 19.2 Å². The number of hydrogen-bond acceptors (Lipinski definition) is 5. The number of rotatable bonds is 2. The van der Waals surface area contributed by atoms with Gasteiger partial charge in [-0.15, -0.1) is 0 Å². The van der Waals surface area contributed by atoms with E-state index in [0.29, 0.717) is 16.3 Å². The summed E-state index contributed by atoms with van der Waals surface area (Å²) in [5, 5.41) is 0.327. The Hall–Kier alpha value is -3.61. The van der Waals surface area contributed by atoms with E-state index in [1.165, 1.54) is 0 Å². The highest BCUT2D eigenvalue weighted by atomic mass is 35.5. The van der Waals surface area contributed by atoms with E-state index in [2.05, 4.69) is 0 Å². The van der Waals surface area contributed by atoms with Crippen LogP contribution in [0.15, 0.2) is 72.8 Å². The van der Waals surface area contributed by atoms with Crippen LogP contribution in [-0.2, 0) is 14.3 Å². The maximum absolute atomic E-state index is 13.8. The molecule has 2 heterocycles. The van der Waals surface area contributed by atoms with Gasteiger partial charge in [0.25, 0.3) is 0 Å². The maximum Gasteiger partial charge on any atom is 0.241 e. The molecule has 1 spiro atoms. The van der Waals surface area contributed by atoms with Gasteiger partial charge in [-0.1, -0.05) is 71.8 Å². The second kappa shape index (κ2) is 7.19. The summed E-state index contributed by atoms with van der Waals surface area (Å²) >= 11 is 6.45. The van der Waals surface area contributed by atoms with Crippen LogP contribution < -0.4 is 4.90 Å². The summed E-state index contributed by atoms with van der Waals surface area (Å²) in [6.07, 6.45) is -1.03. The van der Waals surface area contributed by atoms with Gasteiger partial charge in [0.1, 0.15) is 0 Å². The predicted molar refractivity (Wildman–Crippen MR) is 124 cm³/mol. The number of anilines is 1. The molecule has 1 aliphatic carbocycles. The molecule has 2 amide bonds. The summed E-state index contributed by atoms with van der Waals surface area (Å²) in [5.41, 5.74) is 0.0937. The highest BCUT2D eigenvalue weighted by Gasteiger charge is 2.74. The summed E-state index contributed by atoms with van der Waals surface area (Å²) < 4.78 is 6.24. The third-order valence-corrected chi connectivity index (χ3v) is 7.37. The van der Waals surface area contributed by atoms with Gasteiger partial charge in [-0.2, -0.15) is 0 Å². The van der Waals surface area contributed by atoms with Crippen molar-refractivity contribution in [2.24, 2.45) is 11.8 Å². The van der Waals surface area contributed by atoms with E-state index in [1.54, 1.807) is 72.8 Å². The third kappa shape index (κ3) is 2.55. The molecule has 0 saturated carbocycles. The smallest absolute Gasteiger partial charge is 0.241 e. The second-order valence-corrected chi connectivity index (χ2v) is 9.26. The topological polar surface area (TPSA) is 80.8 Å². The molecule has 2 fully saturated rings. The molecule has 3 aliphatic rings. The van der Waals surface area contributed by atoms with Crippen LogP contribution in [0.1, 0.15) is 37.9 Å². The number of Topliss-reactive ketones (excluding diaryl/α,β-unsaturated/α-hetero) is 2. The van der Waals surface area contributed by atoms with Crippen molar-refractivity contribution in [2.75, 3.05) is 4.90 Å². The standard InChI is InChI=1S/C27H18ClNO5/c1-14-10-12-15(13-11-14)29-25(32)20-21(26(29)33)27(34-22(20)18-8-4-5-9-19(18)28)23(30)16-6-2-3-7-17(16)24(27)31/h2-13,20-22H,1H3/t20-,21-,22+/m0/s1. The molecule has 3 aromatic carbocycles. The number of imide groups is 1. The number of amides is 2. The van der Waals surface area contributed by atoms with Crippen LogP contribution in [0.25, 0.3) is 0 Å². The number of benzene rings is 3. The third-order valence-electron chi connectivity index (χ3n) is 7.02. The quantitative estimate of drug-likeness (QED) is 0.410. The second-order valence-electron chi connectivity index (χ2n) is 8.85. The first-order chi connectivity index (χ1) is 16.4. The van der Waals surface area contributed by atoms with Gasteiger partial charge < -0.3 is 4.74 Å². The molecule has 168 valence electrons. The lowest BCUT2D eigenvalue weighted by atomic mass is 9.77. The summed E-state index contributed by atoms with van der Waals surface area (Å²) in [6.45, 7) is 1.90. The number of halogens is 1. The number of ketones is 2. The van der Waals surface area contributed by atoms with E-state index in [4.69, 9.17) is 16.3 Å². The number of carbonyl (C=O) groups is 4. The Morgan fingerprint density at radius 3 is 2.00 bits per heavy atom. The molecular formula is C27H18ClNO5.